The van der Waals surface area contributed by atoms with Crippen LogP contribution in [0.3, 0.4) is 0 Å². The summed E-state index contributed by atoms with van der Waals surface area (Å²) in [5, 5.41) is 5.58. The summed E-state index contributed by atoms with van der Waals surface area (Å²) in [6, 6.07) is 13.8. The van der Waals surface area contributed by atoms with Gasteiger partial charge in [-0.3, -0.25) is 14.4 Å². The molecule has 0 saturated carbocycles. The smallest absolute Gasteiger partial charge is 0.272 e. The van der Waals surface area contributed by atoms with Crippen LogP contribution in [0.1, 0.15) is 21.9 Å². The second-order valence-electron chi connectivity index (χ2n) is 7.17. The number of hydrogen-bond donors (Lipinski definition) is 0. The van der Waals surface area contributed by atoms with Crippen LogP contribution in [0.15, 0.2) is 42.5 Å². The van der Waals surface area contributed by atoms with E-state index in [1.807, 2.05) is 48.2 Å². The normalized spacial score (nSPS) is 15.4. The standard InChI is InChI=1S/C21H25N5O/c1-16-15-17(2)26(23-16)14-11-24-9-12-25(13-10-24)21(27)20-8-7-18-5-3-4-6-19(18)22-20/h3-8,15H,9-14H2,1-2H3. The number of piperazine rings is 1. The highest BCUT2D eigenvalue weighted by molar-refractivity contribution is 5.95. The summed E-state index contributed by atoms with van der Waals surface area (Å²) in [6.45, 7) is 9.21. The molecule has 0 atom stereocenters. The van der Waals surface area contributed by atoms with Crippen LogP contribution in [-0.2, 0) is 6.54 Å². The first-order valence-electron chi connectivity index (χ1n) is 9.48. The molecular formula is C21H25N5O. The van der Waals surface area contributed by atoms with Crippen LogP contribution in [0.2, 0.25) is 0 Å². The molecule has 1 aliphatic rings. The van der Waals surface area contributed by atoms with E-state index in [-0.39, 0.29) is 5.91 Å². The summed E-state index contributed by atoms with van der Waals surface area (Å²) in [4.78, 5) is 21.7. The predicted molar refractivity (Wildman–Crippen MR) is 106 cm³/mol. The molecule has 27 heavy (non-hydrogen) atoms. The van der Waals surface area contributed by atoms with Crippen molar-refractivity contribution < 1.29 is 4.79 Å². The number of fused-ring (bicyclic) bond motifs is 1. The molecule has 0 bridgehead atoms. The van der Waals surface area contributed by atoms with E-state index in [9.17, 15) is 4.79 Å². The van der Waals surface area contributed by atoms with Gasteiger partial charge in [0.25, 0.3) is 5.91 Å². The number of aryl methyl sites for hydroxylation is 2. The number of para-hydroxylation sites is 1. The van der Waals surface area contributed by atoms with E-state index < -0.39 is 0 Å². The Morgan fingerprint density at radius 2 is 1.78 bits per heavy atom. The summed E-state index contributed by atoms with van der Waals surface area (Å²) in [5.41, 5.74) is 3.66. The fourth-order valence-electron chi connectivity index (χ4n) is 3.66. The van der Waals surface area contributed by atoms with Crippen molar-refractivity contribution in [2.75, 3.05) is 32.7 Å². The molecule has 1 aromatic carbocycles. The van der Waals surface area contributed by atoms with Gasteiger partial charge >= 0.3 is 0 Å². The third kappa shape index (κ3) is 3.85. The first-order valence-corrected chi connectivity index (χ1v) is 9.48. The zero-order valence-corrected chi connectivity index (χ0v) is 15.9. The number of amides is 1. The summed E-state index contributed by atoms with van der Waals surface area (Å²) in [6.07, 6.45) is 0. The van der Waals surface area contributed by atoms with Gasteiger partial charge in [-0.25, -0.2) is 4.98 Å². The van der Waals surface area contributed by atoms with Crippen LogP contribution in [0.5, 0.6) is 0 Å². The monoisotopic (exact) mass is 363 g/mol. The molecule has 3 heterocycles. The number of carbonyl (C=O) groups is 1. The Balaban J connectivity index is 1.34. The third-order valence-corrected chi connectivity index (χ3v) is 5.21. The van der Waals surface area contributed by atoms with E-state index in [0.717, 1.165) is 55.9 Å². The van der Waals surface area contributed by atoms with Gasteiger partial charge in [-0.05, 0) is 32.0 Å². The maximum atomic E-state index is 12.8. The van der Waals surface area contributed by atoms with Gasteiger partial charge < -0.3 is 4.90 Å². The second kappa shape index (κ2) is 7.48. The van der Waals surface area contributed by atoms with Gasteiger partial charge in [0.1, 0.15) is 5.69 Å². The zero-order chi connectivity index (χ0) is 18.8. The summed E-state index contributed by atoms with van der Waals surface area (Å²) < 4.78 is 2.06. The van der Waals surface area contributed by atoms with Crippen molar-refractivity contribution in [3.8, 4) is 0 Å². The topological polar surface area (TPSA) is 54.3 Å². The Morgan fingerprint density at radius 3 is 2.52 bits per heavy atom. The number of pyridine rings is 1. The minimum atomic E-state index is 0.0268. The molecule has 1 aliphatic heterocycles. The zero-order valence-electron chi connectivity index (χ0n) is 15.9. The lowest BCUT2D eigenvalue weighted by Crippen LogP contribution is -2.49. The molecule has 2 aromatic heterocycles. The summed E-state index contributed by atoms with van der Waals surface area (Å²) in [7, 11) is 0. The molecule has 3 aromatic rings. The number of hydrogen-bond acceptors (Lipinski definition) is 4. The highest BCUT2D eigenvalue weighted by atomic mass is 16.2. The SMILES string of the molecule is Cc1cc(C)n(CCN2CCN(C(=O)c3ccc4ccccc4n3)CC2)n1. The molecule has 6 heteroatoms. The van der Waals surface area contributed by atoms with E-state index in [1.165, 1.54) is 5.69 Å². The first-order chi connectivity index (χ1) is 13.1. The largest absolute Gasteiger partial charge is 0.335 e. The maximum absolute atomic E-state index is 12.8. The third-order valence-electron chi connectivity index (χ3n) is 5.21. The quantitative estimate of drug-likeness (QED) is 0.715. The Kier molecular flexibility index (Phi) is 4.90. The van der Waals surface area contributed by atoms with Crippen molar-refractivity contribution in [3.05, 3.63) is 59.5 Å². The lowest BCUT2D eigenvalue weighted by Gasteiger charge is -2.34. The average Bonchev–Trinajstić information content (AvgIpc) is 3.03. The Labute approximate surface area is 159 Å². The van der Waals surface area contributed by atoms with E-state index in [4.69, 9.17) is 0 Å². The highest BCUT2D eigenvalue weighted by Crippen LogP contribution is 2.14. The predicted octanol–water partition coefficient (Wildman–Crippen LogP) is 2.51. The second-order valence-corrected chi connectivity index (χ2v) is 7.17. The molecule has 1 saturated heterocycles. The van der Waals surface area contributed by atoms with E-state index in [1.54, 1.807) is 0 Å². The Bertz CT molecular complexity index is 956. The summed E-state index contributed by atoms with van der Waals surface area (Å²) in [5.74, 6) is 0.0268. The number of benzene rings is 1. The van der Waals surface area contributed by atoms with Crippen molar-refractivity contribution in [1.29, 1.82) is 0 Å². The van der Waals surface area contributed by atoms with Crippen LogP contribution in [-0.4, -0.2) is 63.2 Å². The molecule has 0 spiro atoms. The minimum Gasteiger partial charge on any atom is -0.335 e. The lowest BCUT2D eigenvalue weighted by atomic mass is 10.2. The summed E-state index contributed by atoms with van der Waals surface area (Å²) >= 11 is 0. The van der Waals surface area contributed by atoms with E-state index in [2.05, 4.69) is 32.7 Å². The highest BCUT2D eigenvalue weighted by Gasteiger charge is 2.23. The van der Waals surface area contributed by atoms with Crippen molar-refractivity contribution in [1.82, 2.24) is 24.6 Å². The minimum absolute atomic E-state index is 0.0268. The van der Waals surface area contributed by atoms with E-state index >= 15 is 0 Å². The number of nitrogens with zero attached hydrogens (tertiary/aromatic N) is 5. The molecule has 6 nitrogen and oxygen atoms in total. The van der Waals surface area contributed by atoms with Crippen LogP contribution in [0.4, 0.5) is 0 Å². The van der Waals surface area contributed by atoms with E-state index in [0.29, 0.717) is 5.69 Å². The van der Waals surface area contributed by atoms with Crippen LogP contribution < -0.4 is 0 Å². The van der Waals surface area contributed by atoms with Crippen molar-refractivity contribution in [2.45, 2.75) is 20.4 Å². The first kappa shape index (κ1) is 17.7. The van der Waals surface area contributed by atoms with Gasteiger partial charge in [-0.1, -0.05) is 24.3 Å². The molecule has 1 fully saturated rings. The molecule has 0 unspecified atom stereocenters. The molecular weight excluding hydrogens is 338 g/mol. The van der Waals surface area contributed by atoms with Crippen LogP contribution >= 0.6 is 0 Å². The van der Waals surface area contributed by atoms with Crippen molar-refractivity contribution in [2.24, 2.45) is 0 Å². The maximum Gasteiger partial charge on any atom is 0.272 e. The van der Waals surface area contributed by atoms with Crippen LogP contribution in [0.25, 0.3) is 10.9 Å². The Hall–Kier alpha value is -2.73. The van der Waals surface area contributed by atoms with Crippen LogP contribution in [0, 0.1) is 13.8 Å². The molecule has 140 valence electrons. The number of rotatable bonds is 4. The molecule has 0 radical (unpaired) electrons. The average molecular weight is 363 g/mol. The van der Waals surface area contributed by atoms with Crippen molar-refractivity contribution >= 4 is 16.8 Å². The molecule has 0 aliphatic carbocycles. The Morgan fingerprint density at radius 1 is 1.00 bits per heavy atom. The lowest BCUT2D eigenvalue weighted by molar-refractivity contribution is 0.0626. The number of aromatic nitrogens is 3. The fraction of sp³-hybridized carbons (Fsp3) is 0.381. The molecule has 1 amide bonds. The molecule has 0 N–H and O–H groups in total. The fourth-order valence-corrected chi connectivity index (χ4v) is 3.66. The van der Waals surface area contributed by atoms with Gasteiger partial charge in [0.15, 0.2) is 0 Å². The van der Waals surface area contributed by atoms with Gasteiger partial charge in [0.2, 0.25) is 0 Å². The van der Waals surface area contributed by atoms with Gasteiger partial charge in [0, 0.05) is 43.8 Å². The van der Waals surface area contributed by atoms with Gasteiger partial charge in [0.05, 0.1) is 17.8 Å². The van der Waals surface area contributed by atoms with Gasteiger partial charge in [-0.15, -0.1) is 0 Å². The number of carbonyl (C=O) groups excluding carboxylic acids is 1. The van der Waals surface area contributed by atoms with Crippen molar-refractivity contribution in [3.63, 3.8) is 0 Å². The van der Waals surface area contributed by atoms with Gasteiger partial charge in [-0.2, -0.15) is 5.10 Å². The molecule has 4 rings (SSSR count).